The average Bonchev–Trinajstić information content (AvgIpc) is 3.05. The normalized spacial score (nSPS) is 26.0. The van der Waals surface area contributed by atoms with Gasteiger partial charge in [-0.1, -0.05) is 0 Å². The molecule has 1 aliphatic carbocycles. The molecule has 0 spiro atoms. The number of nitrogens with one attached hydrogen (secondary N) is 2. The Morgan fingerprint density at radius 1 is 1.29 bits per heavy atom. The first-order valence-electron chi connectivity index (χ1n) is 8.83. The van der Waals surface area contributed by atoms with Crippen molar-refractivity contribution >= 4 is 11.6 Å². The lowest BCUT2D eigenvalue weighted by Gasteiger charge is -2.43. The highest BCUT2D eigenvalue weighted by molar-refractivity contribution is 5.94. The number of carbonyl (C=O) groups is 1. The molecule has 3 heterocycles. The van der Waals surface area contributed by atoms with E-state index in [-0.39, 0.29) is 18.1 Å². The van der Waals surface area contributed by atoms with Gasteiger partial charge in [0, 0.05) is 24.6 Å². The quantitative estimate of drug-likeness (QED) is 0.788. The Balaban J connectivity index is 1.51. The molecule has 1 saturated heterocycles. The summed E-state index contributed by atoms with van der Waals surface area (Å²) in [5, 5.41) is 16.3. The fourth-order valence-corrected chi connectivity index (χ4v) is 4.04. The molecule has 4 rings (SSSR count). The highest BCUT2D eigenvalue weighted by Gasteiger charge is 2.39. The van der Waals surface area contributed by atoms with Crippen LogP contribution >= 0.6 is 0 Å². The van der Waals surface area contributed by atoms with E-state index < -0.39 is 0 Å². The van der Waals surface area contributed by atoms with Gasteiger partial charge in [-0.2, -0.15) is 0 Å². The molecule has 2 aromatic heterocycles. The van der Waals surface area contributed by atoms with E-state index in [9.17, 15) is 9.90 Å². The first kappa shape index (κ1) is 15.6. The molecule has 6 heteroatoms. The third-order valence-corrected chi connectivity index (χ3v) is 5.50. The summed E-state index contributed by atoms with van der Waals surface area (Å²) in [7, 11) is 0. The van der Waals surface area contributed by atoms with Gasteiger partial charge < -0.3 is 20.1 Å². The van der Waals surface area contributed by atoms with E-state index in [4.69, 9.17) is 0 Å². The molecule has 1 amide bonds. The first-order valence-corrected chi connectivity index (χ1v) is 8.83. The second-order valence-corrected chi connectivity index (χ2v) is 7.08. The highest BCUT2D eigenvalue weighted by Crippen LogP contribution is 2.35. The van der Waals surface area contributed by atoms with Crippen LogP contribution in [0.2, 0.25) is 0 Å². The molecule has 6 nitrogen and oxygen atoms in total. The number of nitrogens with zero attached hydrogens (tertiary/aromatic N) is 2. The minimum atomic E-state index is -0.196. The Morgan fingerprint density at radius 2 is 2.08 bits per heavy atom. The van der Waals surface area contributed by atoms with Crippen LogP contribution in [0.3, 0.4) is 0 Å². The van der Waals surface area contributed by atoms with Crippen molar-refractivity contribution in [2.45, 2.75) is 37.8 Å². The minimum absolute atomic E-state index is 0.0319. The number of piperidine rings is 1. The summed E-state index contributed by atoms with van der Waals surface area (Å²) in [6, 6.07) is 3.84. The summed E-state index contributed by atoms with van der Waals surface area (Å²) in [6.07, 6.45) is 8.97. The molecule has 2 aliphatic rings. The summed E-state index contributed by atoms with van der Waals surface area (Å²) in [5.74, 6) is 0.851. The van der Waals surface area contributed by atoms with Crippen LogP contribution in [-0.4, -0.2) is 45.6 Å². The van der Waals surface area contributed by atoms with Crippen LogP contribution in [0, 0.1) is 11.8 Å². The fourth-order valence-electron chi connectivity index (χ4n) is 4.04. The number of rotatable bonds is 4. The number of fused-ring (bicyclic) bond motifs is 1. The van der Waals surface area contributed by atoms with Crippen LogP contribution in [-0.2, 0) is 0 Å². The standard InChI is InChI=1S/C18H24N4O2/c23-15-9-14(10-15)17(12-3-5-19-6-4-12)21-18(24)13-1-2-16-20-7-8-22(16)11-13/h1-2,7-8,11-12,14-15,17,19,23H,3-6,9-10H2,(H,21,24)/t14?,15?,17-/m1/s1. The van der Waals surface area contributed by atoms with Gasteiger partial charge in [0.15, 0.2) is 0 Å². The summed E-state index contributed by atoms with van der Waals surface area (Å²) >= 11 is 0. The number of pyridine rings is 1. The van der Waals surface area contributed by atoms with Crippen molar-refractivity contribution < 1.29 is 9.90 Å². The Morgan fingerprint density at radius 3 is 2.83 bits per heavy atom. The third kappa shape index (κ3) is 3.03. The Kier molecular flexibility index (Phi) is 4.24. The molecule has 128 valence electrons. The molecule has 0 radical (unpaired) electrons. The lowest BCUT2D eigenvalue weighted by Crippen LogP contribution is -2.52. The molecule has 1 aliphatic heterocycles. The maximum absolute atomic E-state index is 12.8. The summed E-state index contributed by atoms with van der Waals surface area (Å²) < 4.78 is 1.86. The van der Waals surface area contributed by atoms with Crippen molar-refractivity contribution in [2.24, 2.45) is 11.8 Å². The summed E-state index contributed by atoms with van der Waals surface area (Å²) in [4.78, 5) is 17.0. The van der Waals surface area contributed by atoms with E-state index in [1.54, 1.807) is 6.20 Å². The molecule has 3 N–H and O–H groups in total. The number of carbonyl (C=O) groups excluding carboxylic acids is 1. The molecule has 0 aromatic carbocycles. The van der Waals surface area contributed by atoms with E-state index in [0.29, 0.717) is 17.4 Å². The molecule has 1 atom stereocenters. The number of aliphatic hydroxyl groups is 1. The van der Waals surface area contributed by atoms with E-state index >= 15 is 0 Å². The minimum Gasteiger partial charge on any atom is -0.393 e. The van der Waals surface area contributed by atoms with Crippen LogP contribution in [0.4, 0.5) is 0 Å². The van der Waals surface area contributed by atoms with Crippen LogP contribution < -0.4 is 10.6 Å². The first-order chi connectivity index (χ1) is 11.7. The molecule has 2 aromatic rings. The van der Waals surface area contributed by atoms with Crippen LogP contribution in [0.15, 0.2) is 30.7 Å². The fraction of sp³-hybridized carbons (Fsp3) is 0.556. The monoisotopic (exact) mass is 328 g/mol. The van der Waals surface area contributed by atoms with Crippen LogP contribution in [0.25, 0.3) is 5.65 Å². The zero-order valence-electron chi connectivity index (χ0n) is 13.7. The van der Waals surface area contributed by atoms with Crippen molar-refractivity contribution in [1.29, 1.82) is 0 Å². The van der Waals surface area contributed by atoms with Gasteiger partial charge in [-0.15, -0.1) is 0 Å². The largest absolute Gasteiger partial charge is 0.393 e. The smallest absolute Gasteiger partial charge is 0.253 e. The van der Waals surface area contributed by atoms with Crippen LogP contribution in [0.1, 0.15) is 36.0 Å². The number of hydrogen-bond acceptors (Lipinski definition) is 4. The summed E-state index contributed by atoms with van der Waals surface area (Å²) in [6.45, 7) is 2.01. The Hall–Kier alpha value is -1.92. The van der Waals surface area contributed by atoms with Gasteiger partial charge in [0.25, 0.3) is 5.91 Å². The average molecular weight is 328 g/mol. The van der Waals surface area contributed by atoms with Gasteiger partial charge >= 0.3 is 0 Å². The topological polar surface area (TPSA) is 78.7 Å². The number of aliphatic hydroxyl groups excluding tert-OH is 1. The maximum atomic E-state index is 12.8. The lowest BCUT2D eigenvalue weighted by atomic mass is 9.71. The Labute approximate surface area is 141 Å². The Bertz CT molecular complexity index is 717. The number of imidazole rings is 1. The van der Waals surface area contributed by atoms with E-state index in [0.717, 1.165) is 44.4 Å². The van der Waals surface area contributed by atoms with E-state index in [1.807, 2.05) is 28.9 Å². The maximum Gasteiger partial charge on any atom is 0.253 e. The second kappa shape index (κ2) is 6.53. The molecular formula is C18H24N4O2. The van der Waals surface area contributed by atoms with Crippen molar-refractivity contribution in [2.75, 3.05) is 13.1 Å². The van der Waals surface area contributed by atoms with Gasteiger partial charge in [-0.25, -0.2) is 4.98 Å². The molecule has 1 saturated carbocycles. The van der Waals surface area contributed by atoms with Crippen molar-refractivity contribution in [3.8, 4) is 0 Å². The van der Waals surface area contributed by atoms with Crippen molar-refractivity contribution in [3.05, 3.63) is 36.3 Å². The molecule has 24 heavy (non-hydrogen) atoms. The third-order valence-electron chi connectivity index (χ3n) is 5.50. The zero-order chi connectivity index (χ0) is 16.5. The number of amides is 1. The number of hydrogen-bond donors (Lipinski definition) is 3. The van der Waals surface area contributed by atoms with Crippen LogP contribution in [0.5, 0.6) is 0 Å². The van der Waals surface area contributed by atoms with Gasteiger partial charge in [0.1, 0.15) is 5.65 Å². The molecular weight excluding hydrogens is 304 g/mol. The van der Waals surface area contributed by atoms with Gasteiger partial charge in [-0.3, -0.25) is 4.79 Å². The van der Waals surface area contributed by atoms with Crippen molar-refractivity contribution in [3.63, 3.8) is 0 Å². The van der Waals surface area contributed by atoms with Gasteiger partial charge in [0.05, 0.1) is 11.7 Å². The van der Waals surface area contributed by atoms with Crippen molar-refractivity contribution in [1.82, 2.24) is 20.0 Å². The second-order valence-electron chi connectivity index (χ2n) is 7.08. The highest BCUT2D eigenvalue weighted by atomic mass is 16.3. The SMILES string of the molecule is O=C(N[C@H](C1CCNCC1)C1CC(O)C1)c1ccc2nccn2c1. The predicted octanol–water partition coefficient (Wildman–Crippen LogP) is 1.20. The van der Waals surface area contributed by atoms with Gasteiger partial charge in [0.2, 0.25) is 0 Å². The number of aromatic nitrogens is 2. The molecule has 0 bridgehead atoms. The molecule has 0 unspecified atom stereocenters. The predicted molar refractivity (Wildman–Crippen MR) is 90.8 cm³/mol. The molecule has 2 fully saturated rings. The van der Waals surface area contributed by atoms with Gasteiger partial charge in [-0.05, 0) is 62.7 Å². The summed E-state index contributed by atoms with van der Waals surface area (Å²) in [5.41, 5.74) is 1.49. The van der Waals surface area contributed by atoms with E-state index in [1.165, 1.54) is 0 Å². The van der Waals surface area contributed by atoms with E-state index in [2.05, 4.69) is 15.6 Å². The lowest BCUT2D eigenvalue weighted by molar-refractivity contribution is 0.00918. The zero-order valence-corrected chi connectivity index (χ0v) is 13.7.